The van der Waals surface area contributed by atoms with Gasteiger partial charge in [-0.1, -0.05) is 39.7 Å². The van der Waals surface area contributed by atoms with Crippen LogP contribution in [0.1, 0.15) is 15.9 Å². The van der Waals surface area contributed by atoms with Crippen LogP contribution in [0.2, 0.25) is 5.02 Å². The lowest BCUT2D eigenvalue weighted by Crippen LogP contribution is -2.22. The smallest absolute Gasteiger partial charge is 0.251 e. The normalized spacial score (nSPS) is 10.1. The summed E-state index contributed by atoms with van der Waals surface area (Å²) in [6.45, 7) is 0.492. The summed E-state index contributed by atoms with van der Waals surface area (Å²) in [5.74, 6) is -0.0857. The number of hydrogen-bond acceptors (Lipinski definition) is 1. The summed E-state index contributed by atoms with van der Waals surface area (Å²) in [6, 6.07) is 14.6. The first-order chi connectivity index (χ1) is 8.65. The van der Waals surface area contributed by atoms with E-state index in [4.69, 9.17) is 11.6 Å². The first-order valence-corrected chi connectivity index (χ1v) is 6.60. The van der Waals surface area contributed by atoms with E-state index in [-0.39, 0.29) is 5.91 Å². The largest absolute Gasteiger partial charge is 0.348 e. The van der Waals surface area contributed by atoms with E-state index in [1.54, 1.807) is 12.1 Å². The third-order valence-electron chi connectivity index (χ3n) is 2.47. The Morgan fingerprint density at radius 1 is 1.06 bits per heavy atom. The summed E-state index contributed by atoms with van der Waals surface area (Å²) in [5.41, 5.74) is 1.66. The second-order valence-corrected chi connectivity index (χ2v) is 5.17. The summed E-state index contributed by atoms with van der Waals surface area (Å²) in [7, 11) is 0. The Morgan fingerprint density at radius 3 is 2.28 bits per heavy atom. The topological polar surface area (TPSA) is 29.1 Å². The molecule has 0 spiro atoms. The Morgan fingerprint density at radius 2 is 1.67 bits per heavy atom. The number of benzene rings is 2. The molecule has 0 aromatic heterocycles. The van der Waals surface area contributed by atoms with Crippen molar-refractivity contribution < 1.29 is 4.79 Å². The maximum atomic E-state index is 11.8. The van der Waals surface area contributed by atoms with Crippen molar-refractivity contribution in [1.82, 2.24) is 5.32 Å². The summed E-state index contributed by atoms with van der Waals surface area (Å²) in [6.07, 6.45) is 0. The predicted octanol–water partition coefficient (Wildman–Crippen LogP) is 4.03. The highest BCUT2D eigenvalue weighted by Gasteiger charge is 2.04. The van der Waals surface area contributed by atoms with E-state index >= 15 is 0 Å². The Bertz CT molecular complexity index is 537. The van der Waals surface area contributed by atoms with Gasteiger partial charge in [0.1, 0.15) is 0 Å². The Hall–Kier alpha value is -1.32. The molecule has 1 N–H and O–H groups in total. The van der Waals surface area contributed by atoms with E-state index < -0.39 is 0 Å². The van der Waals surface area contributed by atoms with Gasteiger partial charge in [-0.2, -0.15) is 0 Å². The molecule has 0 saturated heterocycles. The van der Waals surface area contributed by atoms with Crippen LogP contribution in [-0.4, -0.2) is 5.91 Å². The van der Waals surface area contributed by atoms with Gasteiger partial charge in [0.25, 0.3) is 5.91 Å². The Balaban J connectivity index is 1.96. The molecular weight excluding hydrogens is 314 g/mol. The van der Waals surface area contributed by atoms with E-state index in [9.17, 15) is 4.79 Å². The summed E-state index contributed by atoms with van der Waals surface area (Å²) >= 11 is 9.13. The first-order valence-electron chi connectivity index (χ1n) is 5.43. The van der Waals surface area contributed by atoms with Crippen molar-refractivity contribution in [3.05, 3.63) is 69.2 Å². The van der Waals surface area contributed by atoms with Crippen molar-refractivity contribution in [3.63, 3.8) is 0 Å². The van der Waals surface area contributed by atoms with Gasteiger partial charge in [0.05, 0.1) is 0 Å². The fraction of sp³-hybridized carbons (Fsp3) is 0.0714. The number of carbonyl (C=O) groups is 1. The minimum atomic E-state index is -0.0857. The average molecular weight is 325 g/mol. The third-order valence-corrected chi connectivity index (χ3v) is 3.25. The molecule has 0 fully saturated rings. The van der Waals surface area contributed by atoms with Crippen LogP contribution in [-0.2, 0) is 6.54 Å². The lowest BCUT2D eigenvalue weighted by molar-refractivity contribution is 0.0951. The predicted molar refractivity (Wildman–Crippen MR) is 76.8 cm³/mol. The molecule has 0 atom stereocenters. The van der Waals surface area contributed by atoms with Gasteiger partial charge >= 0.3 is 0 Å². The zero-order chi connectivity index (χ0) is 13.0. The van der Waals surface area contributed by atoms with Crippen LogP contribution in [0.25, 0.3) is 0 Å². The Kier molecular flexibility index (Phi) is 4.39. The fourth-order valence-electron chi connectivity index (χ4n) is 1.49. The maximum absolute atomic E-state index is 11.8. The molecule has 2 aromatic carbocycles. The van der Waals surface area contributed by atoms with Gasteiger partial charge in [-0.3, -0.25) is 4.79 Å². The second kappa shape index (κ2) is 6.03. The van der Waals surface area contributed by atoms with Gasteiger partial charge in [0.15, 0.2) is 0 Å². The molecule has 4 heteroatoms. The number of rotatable bonds is 3. The van der Waals surface area contributed by atoms with E-state index in [0.29, 0.717) is 17.1 Å². The van der Waals surface area contributed by atoms with Gasteiger partial charge < -0.3 is 5.32 Å². The molecule has 2 aromatic rings. The summed E-state index contributed by atoms with van der Waals surface area (Å²) in [4.78, 5) is 11.8. The lowest BCUT2D eigenvalue weighted by Gasteiger charge is -2.05. The molecule has 92 valence electrons. The minimum Gasteiger partial charge on any atom is -0.348 e. The Labute approximate surface area is 119 Å². The van der Waals surface area contributed by atoms with Crippen LogP contribution in [0.5, 0.6) is 0 Å². The van der Waals surface area contributed by atoms with Gasteiger partial charge in [-0.05, 0) is 42.0 Å². The first kappa shape index (κ1) is 13.1. The SMILES string of the molecule is O=C(NCc1ccc(Cl)cc1)c1ccc(Br)cc1. The second-order valence-electron chi connectivity index (χ2n) is 3.82. The zero-order valence-electron chi connectivity index (χ0n) is 9.49. The highest BCUT2D eigenvalue weighted by Crippen LogP contribution is 2.11. The molecule has 0 radical (unpaired) electrons. The fourth-order valence-corrected chi connectivity index (χ4v) is 1.88. The quantitative estimate of drug-likeness (QED) is 0.907. The van der Waals surface area contributed by atoms with Gasteiger partial charge in [-0.15, -0.1) is 0 Å². The minimum absolute atomic E-state index is 0.0857. The number of carbonyl (C=O) groups excluding carboxylic acids is 1. The van der Waals surface area contributed by atoms with Crippen LogP contribution < -0.4 is 5.32 Å². The molecule has 0 unspecified atom stereocenters. The van der Waals surface area contributed by atoms with Crippen molar-refractivity contribution in [2.45, 2.75) is 6.54 Å². The highest BCUT2D eigenvalue weighted by atomic mass is 79.9. The van der Waals surface area contributed by atoms with Gasteiger partial charge in [0.2, 0.25) is 0 Å². The number of hydrogen-bond donors (Lipinski definition) is 1. The molecule has 2 nitrogen and oxygen atoms in total. The maximum Gasteiger partial charge on any atom is 0.251 e. The van der Waals surface area contributed by atoms with Crippen molar-refractivity contribution in [1.29, 1.82) is 0 Å². The highest BCUT2D eigenvalue weighted by molar-refractivity contribution is 9.10. The lowest BCUT2D eigenvalue weighted by atomic mass is 10.2. The van der Waals surface area contributed by atoms with E-state index in [1.807, 2.05) is 36.4 Å². The van der Waals surface area contributed by atoms with Gasteiger partial charge in [-0.25, -0.2) is 0 Å². The van der Waals surface area contributed by atoms with Crippen LogP contribution in [0.3, 0.4) is 0 Å². The van der Waals surface area contributed by atoms with Crippen LogP contribution in [0.4, 0.5) is 0 Å². The van der Waals surface area contributed by atoms with Crippen LogP contribution in [0, 0.1) is 0 Å². The molecule has 0 aliphatic heterocycles. The van der Waals surface area contributed by atoms with Crippen molar-refractivity contribution >= 4 is 33.4 Å². The summed E-state index contributed by atoms with van der Waals surface area (Å²) < 4.78 is 0.955. The molecule has 0 aliphatic carbocycles. The average Bonchev–Trinajstić information content (AvgIpc) is 2.38. The molecular formula is C14H11BrClNO. The number of amides is 1. The van der Waals surface area contributed by atoms with Crippen LogP contribution in [0.15, 0.2) is 53.0 Å². The van der Waals surface area contributed by atoms with Crippen LogP contribution >= 0.6 is 27.5 Å². The number of halogens is 2. The molecule has 2 rings (SSSR count). The zero-order valence-corrected chi connectivity index (χ0v) is 11.8. The molecule has 1 amide bonds. The van der Waals surface area contributed by atoms with E-state index in [0.717, 1.165) is 10.0 Å². The monoisotopic (exact) mass is 323 g/mol. The summed E-state index contributed by atoms with van der Waals surface area (Å²) in [5, 5.41) is 3.55. The van der Waals surface area contributed by atoms with Crippen molar-refractivity contribution in [3.8, 4) is 0 Å². The molecule has 0 saturated carbocycles. The van der Waals surface area contributed by atoms with E-state index in [1.165, 1.54) is 0 Å². The van der Waals surface area contributed by atoms with Crippen molar-refractivity contribution in [2.24, 2.45) is 0 Å². The molecule has 18 heavy (non-hydrogen) atoms. The molecule has 0 heterocycles. The van der Waals surface area contributed by atoms with Gasteiger partial charge in [0, 0.05) is 21.6 Å². The third kappa shape index (κ3) is 3.59. The van der Waals surface area contributed by atoms with Crippen molar-refractivity contribution in [2.75, 3.05) is 0 Å². The van der Waals surface area contributed by atoms with E-state index in [2.05, 4.69) is 21.2 Å². The standard InChI is InChI=1S/C14H11BrClNO/c15-12-5-3-11(4-6-12)14(18)17-9-10-1-7-13(16)8-2-10/h1-8H,9H2,(H,17,18). The molecule has 0 bridgehead atoms. The molecule has 0 aliphatic rings. The number of nitrogens with one attached hydrogen (secondary N) is 1.